The largest absolute Gasteiger partial charge is 0.370 e. The maximum Gasteiger partial charge on any atom is 0.124 e. The van der Waals surface area contributed by atoms with Crippen molar-refractivity contribution in [3.63, 3.8) is 0 Å². The smallest absolute Gasteiger partial charge is 0.124 e. The number of rotatable bonds is 5. The summed E-state index contributed by atoms with van der Waals surface area (Å²) < 4.78 is 9.67. The highest BCUT2D eigenvalue weighted by Gasteiger charge is 2.17. The Bertz CT molecular complexity index is 1050. The van der Waals surface area contributed by atoms with E-state index < -0.39 is 0 Å². The van der Waals surface area contributed by atoms with Gasteiger partial charge in [0.1, 0.15) is 12.4 Å². The minimum atomic E-state index is -0.180. The number of hydrogen-bond acceptors (Lipinski definition) is 4. The molecule has 0 radical (unpaired) electrons. The molecule has 26 heavy (non-hydrogen) atoms. The first kappa shape index (κ1) is 16.5. The predicted molar refractivity (Wildman–Crippen MR) is 101 cm³/mol. The van der Waals surface area contributed by atoms with Crippen LogP contribution < -0.4 is 5.73 Å². The summed E-state index contributed by atoms with van der Waals surface area (Å²) in [5.41, 5.74) is 11.9. The van der Waals surface area contributed by atoms with Crippen molar-refractivity contribution in [3.05, 3.63) is 77.9 Å². The maximum atomic E-state index is 5.75. The molecule has 2 aromatic carbocycles. The summed E-state index contributed by atoms with van der Waals surface area (Å²) in [5, 5.41) is 4.25. The zero-order valence-electron chi connectivity index (χ0n) is 14.8. The van der Waals surface area contributed by atoms with Crippen LogP contribution >= 0.6 is 0 Å². The number of hydrogen-bond donors (Lipinski definition) is 1. The van der Waals surface area contributed by atoms with Crippen LogP contribution in [0.4, 0.5) is 0 Å². The Hall–Kier alpha value is -2.96. The molecule has 6 nitrogen and oxygen atoms in total. The summed E-state index contributed by atoms with van der Waals surface area (Å²) in [4.78, 5) is 4.52. The van der Waals surface area contributed by atoms with Crippen LogP contribution in [0.3, 0.4) is 0 Å². The lowest BCUT2D eigenvalue weighted by Crippen LogP contribution is -2.09. The zero-order chi connectivity index (χ0) is 18.1. The van der Waals surface area contributed by atoms with E-state index in [0.29, 0.717) is 6.54 Å². The average molecular weight is 347 g/mol. The third-order valence-corrected chi connectivity index (χ3v) is 4.66. The van der Waals surface area contributed by atoms with E-state index >= 15 is 0 Å². The van der Waals surface area contributed by atoms with E-state index in [1.165, 1.54) is 0 Å². The lowest BCUT2D eigenvalue weighted by atomic mass is 10.1. The number of aromatic nitrogens is 4. The third kappa shape index (κ3) is 2.79. The molecule has 2 aromatic heterocycles. The Morgan fingerprint density at radius 1 is 1.15 bits per heavy atom. The molecule has 0 aliphatic rings. The van der Waals surface area contributed by atoms with E-state index in [-0.39, 0.29) is 6.10 Å². The number of methoxy groups -OCH3 is 1. The Morgan fingerprint density at radius 2 is 2.04 bits per heavy atom. The Labute approximate surface area is 151 Å². The van der Waals surface area contributed by atoms with Crippen LogP contribution in [0.1, 0.15) is 22.9 Å². The van der Waals surface area contributed by atoms with Crippen molar-refractivity contribution in [1.82, 2.24) is 19.3 Å². The van der Waals surface area contributed by atoms with Crippen LogP contribution in [0, 0.1) is 0 Å². The number of fused-ring (bicyclic) bond motifs is 1. The van der Waals surface area contributed by atoms with E-state index in [9.17, 15) is 0 Å². The second-order valence-electron chi connectivity index (χ2n) is 6.23. The Balaban J connectivity index is 1.77. The van der Waals surface area contributed by atoms with Crippen LogP contribution in [0.25, 0.3) is 16.7 Å². The second-order valence-corrected chi connectivity index (χ2v) is 6.23. The van der Waals surface area contributed by atoms with Gasteiger partial charge in [-0.1, -0.05) is 18.2 Å². The number of aryl methyl sites for hydroxylation is 1. The molecule has 0 amide bonds. The van der Waals surface area contributed by atoms with Crippen molar-refractivity contribution < 1.29 is 4.74 Å². The lowest BCUT2D eigenvalue weighted by Gasteiger charge is -2.17. The van der Waals surface area contributed by atoms with Gasteiger partial charge in [-0.05, 0) is 41.5 Å². The average Bonchev–Trinajstić information content (AvgIpc) is 3.28. The van der Waals surface area contributed by atoms with Crippen LogP contribution in [0.15, 0.2) is 61.1 Å². The summed E-state index contributed by atoms with van der Waals surface area (Å²) in [6.07, 6.45) is 3.45. The van der Waals surface area contributed by atoms with Gasteiger partial charge in [0.15, 0.2) is 0 Å². The molecule has 6 heteroatoms. The molecule has 0 fully saturated rings. The fourth-order valence-corrected chi connectivity index (χ4v) is 3.30. The van der Waals surface area contributed by atoms with E-state index in [0.717, 1.165) is 33.5 Å². The Kier molecular flexibility index (Phi) is 4.28. The van der Waals surface area contributed by atoms with Gasteiger partial charge in [0.25, 0.3) is 0 Å². The van der Waals surface area contributed by atoms with Gasteiger partial charge in [-0.2, -0.15) is 5.10 Å². The monoisotopic (exact) mass is 347 g/mol. The minimum absolute atomic E-state index is 0.180. The van der Waals surface area contributed by atoms with Gasteiger partial charge >= 0.3 is 0 Å². The normalized spacial score (nSPS) is 12.6. The third-order valence-electron chi connectivity index (χ3n) is 4.66. The van der Waals surface area contributed by atoms with Gasteiger partial charge in [0.2, 0.25) is 0 Å². The molecule has 0 saturated heterocycles. The predicted octanol–water partition coefficient (Wildman–Crippen LogP) is 2.95. The number of imidazole rings is 1. The van der Waals surface area contributed by atoms with Gasteiger partial charge in [0.05, 0.1) is 16.7 Å². The fourth-order valence-electron chi connectivity index (χ4n) is 3.30. The van der Waals surface area contributed by atoms with Crippen molar-refractivity contribution in [2.45, 2.75) is 12.6 Å². The van der Waals surface area contributed by atoms with E-state index in [4.69, 9.17) is 10.5 Å². The summed E-state index contributed by atoms with van der Waals surface area (Å²) in [6.45, 7) is 0.512. The van der Waals surface area contributed by atoms with E-state index in [2.05, 4.69) is 38.9 Å². The quantitative estimate of drug-likeness (QED) is 0.602. The van der Waals surface area contributed by atoms with Gasteiger partial charge < -0.3 is 10.5 Å². The summed E-state index contributed by atoms with van der Waals surface area (Å²) in [6, 6.07) is 16.4. The van der Waals surface area contributed by atoms with Gasteiger partial charge in [-0.25, -0.2) is 4.98 Å². The van der Waals surface area contributed by atoms with E-state index in [1.54, 1.807) is 13.3 Å². The first-order valence-corrected chi connectivity index (χ1v) is 8.48. The molecule has 1 unspecified atom stereocenters. The maximum absolute atomic E-state index is 5.75. The molecular formula is C20H21N5O. The van der Waals surface area contributed by atoms with Gasteiger partial charge in [-0.15, -0.1) is 0 Å². The number of nitrogens with two attached hydrogens (primary N) is 1. The number of ether oxygens (including phenoxy) is 1. The molecule has 0 bridgehead atoms. The lowest BCUT2D eigenvalue weighted by molar-refractivity contribution is 0.129. The number of benzene rings is 2. The van der Waals surface area contributed by atoms with Crippen molar-refractivity contribution >= 4 is 11.0 Å². The van der Waals surface area contributed by atoms with Crippen molar-refractivity contribution in [2.24, 2.45) is 12.8 Å². The number of nitrogens with zero attached hydrogens (tertiary/aromatic N) is 4. The van der Waals surface area contributed by atoms with Gasteiger partial charge in [0, 0.05) is 32.6 Å². The molecule has 2 N–H and O–H groups in total. The highest BCUT2D eigenvalue weighted by molar-refractivity contribution is 5.78. The molecule has 2 heterocycles. The SMILES string of the molecule is COC(c1cccc(-n2cnc3cc(CN)ccc32)c1)c1ccnn1C. The Morgan fingerprint density at radius 3 is 2.77 bits per heavy atom. The first-order valence-electron chi connectivity index (χ1n) is 8.48. The molecule has 0 aliphatic heterocycles. The molecule has 132 valence electrons. The van der Waals surface area contributed by atoms with Crippen LogP contribution in [-0.2, 0) is 18.3 Å². The highest BCUT2D eigenvalue weighted by atomic mass is 16.5. The van der Waals surface area contributed by atoms with Crippen molar-refractivity contribution in [2.75, 3.05) is 7.11 Å². The summed E-state index contributed by atoms with van der Waals surface area (Å²) in [7, 11) is 3.63. The first-order chi connectivity index (χ1) is 12.7. The van der Waals surface area contributed by atoms with Crippen LogP contribution in [0.5, 0.6) is 0 Å². The molecule has 1 atom stereocenters. The molecule has 0 spiro atoms. The molecular weight excluding hydrogens is 326 g/mol. The fraction of sp³-hybridized carbons (Fsp3) is 0.200. The van der Waals surface area contributed by atoms with Crippen LogP contribution in [-0.4, -0.2) is 26.4 Å². The second kappa shape index (κ2) is 6.74. The van der Waals surface area contributed by atoms with Crippen LogP contribution in [0.2, 0.25) is 0 Å². The standard InChI is InChI=1S/C20H21N5O/c1-24-19(8-9-23-24)20(26-2)15-4-3-5-16(11-15)25-13-22-17-10-14(12-21)6-7-18(17)25/h3-11,13,20H,12,21H2,1-2H3. The minimum Gasteiger partial charge on any atom is -0.370 e. The molecule has 4 aromatic rings. The molecule has 0 saturated carbocycles. The molecule has 0 aliphatic carbocycles. The van der Waals surface area contributed by atoms with Gasteiger partial charge in [-0.3, -0.25) is 9.25 Å². The summed E-state index contributed by atoms with van der Waals surface area (Å²) in [5.74, 6) is 0. The summed E-state index contributed by atoms with van der Waals surface area (Å²) >= 11 is 0. The highest BCUT2D eigenvalue weighted by Crippen LogP contribution is 2.27. The zero-order valence-corrected chi connectivity index (χ0v) is 14.8. The molecule has 4 rings (SSSR count). The topological polar surface area (TPSA) is 70.9 Å². The van der Waals surface area contributed by atoms with Crippen molar-refractivity contribution in [1.29, 1.82) is 0 Å². The van der Waals surface area contributed by atoms with Crippen molar-refractivity contribution in [3.8, 4) is 5.69 Å². The van der Waals surface area contributed by atoms with E-state index in [1.807, 2.05) is 42.3 Å².